The van der Waals surface area contributed by atoms with Gasteiger partial charge in [-0.3, -0.25) is 4.79 Å². The van der Waals surface area contributed by atoms with E-state index in [4.69, 9.17) is 4.74 Å². The van der Waals surface area contributed by atoms with E-state index < -0.39 is 36.5 Å². The zero-order valence-corrected chi connectivity index (χ0v) is 12.7. The number of ether oxygens (including phenoxy) is 2. The Kier molecular flexibility index (Phi) is 8.30. The van der Waals surface area contributed by atoms with E-state index in [0.717, 1.165) is 0 Å². The Labute approximate surface area is 129 Å². The number of halogens is 7. The Balaban J connectivity index is 4.91. The van der Waals surface area contributed by atoms with E-state index in [1.165, 1.54) is 0 Å². The highest BCUT2D eigenvalue weighted by Gasteiger charge is 2.76. The maximum Gasteiger partial charge on any atom is 0.460 e. The molecule has 0 radical (unpaired) electrons. The molecule has 0 amide bonds. The van der Waals surface area contributed by atoms with Crippen molar-refractivity contribution < 1.29 is 45.0 Å². The maximum absolute atomic E-state index is 13.6. The fourth-order valence-corrected chi connectivity index (χ4v) is 1.76. The molecule has 0 aromatic heterocycles. The van der Waals surface area contributed by atoms with Crippen LogP contribution in [0.25, 0.3) is 0 Å². The normalized spacial score (nSPS) is 14.7. The van der Waals surface area contributed by atoms with Crippen molar-refractivity contribution in [1.82, 2.24) is 0 Å². The average Bonchev–Trinajstić information content (AvgIpc) is 2.39. The van der Waals surface area contributed by atoms with Gasteiger partial charge in [-0.25, -0.2) is 0 Å². The summed E-state index contributed by atoms with van der Waals surface area (Å²) in [4.78, 5) is 10.7. The zero-order valence-electron chi connectivity index (χ0n) is 12.7. The van der Waals surface area contributed by atoms with E-state index >= 15 is 0 Å². The van der Waals surface area contributed by atoms with Gasteiger partial charge >= 0.3 is 24.0 Å². The van der Waals surface area contributed by atoms with Crippen molar-refractivity contribution in [2.75, 3.05) is 13.2 Å². The van der Waals surface area contributed by atoms with Crippen LogP contribution in [0.15, 0.2) is 0 Å². The molecule has 0 rings (SSSR count). The lowest BCUT2D eigenvalue weighted by atomic mass is 9.99. The van der Waals surface area contributed by atoms with Gasteiger partial charge in [-0.05, 0) is 26.2 Å². The van der Waals surface area contributed by atoms with Gasteiger partial charge in [0.1, 0.15) is 0 Å². The number of esters is 1. The second-order valence-corrected chi connectivity index (χ2v) is 4.84. The van der Waals surface area contributed by atoms with Crippen LogP contribution >= 0.6 is 0 Å². The molecule has 0 aromatic rings. The minimum Gasteiger partial charge on any atom is -0.456 e. The van der Waals surface area contributed by atoms with Crippen LogP contribution in [0, 0.1) is 0 Å². The Bertz CT molecular complexity index is 369. The van der Waals surface area contributed by atoms with Crippen molar-refractivity contribution >= 4 is 5.97 Å². The van der Waals surface area contributed by atoms with Gasteiger partial charge in [0, 0.05) is 20.1 Å². The number of carbonyl (C=O) groups excluding carboxylic acids is 1. The summed E-state index contributed by atoms with van der Waals surface area (Å²) in [6.07, 6.45) is -9.57. The molecule has 0 bridgehead atoms. The van der Waals surface area contributed by atoms with Crippen molar-refractivity contribution in [3.63, 3.8) is 0 Å². The molecule has 3 nitrogen and oxygen atoms in total. The van der Waals surface area contributed by atoms with Crippen LogP contribution in [0.2, 0.25) is 0 Å². The second-order valence-electron chi connectivity index (χ2n) is 4.84. The third-order valence-corrected chi connectivity index (χ3v) is 2.95. The second kappa shape index (κ2) is 8.70. The van der Waals surface area contributed by atoms with Crippen molar-refractivity contribution in [2.45, 2.75) is 63.7 Å². The quantitative estimate of drug-likeness (QED) is 0.332. The number of rotatable bonds is 10. The van der Waals surface area contributed by atoms with Gasteiger partial charge in [0.15, 0.2) is 6.10 Å². The molecule has 10 heteroatoms. The molecule has 138 valence electrons. The highest BCUT2D eigenvalue weighted by atomic mass is 19.4. The number of alkyl halides is 7. The molecule has 1 atom stereocenters. The molecule has 0 saturated heterocycles. The number of hydrogen-bond donors (Lipinski definition) is 0. The van der Waals surface area contributed by atoms with E-state index in [-0.39, 0.29) is 12.8 Å². The Morgan fingerprint density at radius 1 is 1.00 bits per heavy atom. The van der Waals surface area contributed by atoms with Crippen molar-refractivity contribution in [1.29, 1.82) is 0 Å². The molecule has 0 spiro atoms. The average molecular weight is 356 g/mol. The van der Waals surface area contributed by atoms with Gasteiger partial charge in [0.2, 0.25) is 0 Å². The molecule has 1 unspecified atom stereocenters. The van der Waals surface area contributed by atoms with E-state index in [2.05, 4.69) is 4.74 Å². The summed E-state index contributed by atoms with van der Waals surface area (Å²) in [5.74, 6) is -13.2. The summed E-state index contributed by atoms with van der Waals surface area (Å²) in [6, 6.07) is 0. The first-order valence-electron chi connectivity index (χ1n) is 6.95. The standard InChI is InChI=1S/C13H19F7O3/c1-3-22-8-6-4-5-7-10(23-9(2)21)11(14,15)12(16,17)13(18,19)20/h10H,3-8H2,1-2H3. The largest absolute Gasteiger partial charge is 0.460 e. The summed E-state index contributed by atoms with van der Waals surface area (Å²) in [5.41, 5.74) is 0. The molecule has 0 aliphatic heterocycles. The summed E-state index contributed by atoms with van der Waals surface area (Å²) >= 11 is 0. The first kappa shape index (κ1) is 21.9. The van der Waals surface area contributed by atoms with Crippen molar-refractivity contribution in [3.8, 4) is 0 Å². The van der Waals surface area contributed by atoms with E-state index in [1.54, 1.807) is 6.92 Å². The molecule has 0 fully saturated rings. The lowest BCUT2D eigenvalue weighted by molar-refractivity contribution is -0.371. The lowest BCUT2D eigenvalue weighted by Gasteiger charge is -2.33. The summed E-state index contributed by atoms with van der Waals surface area (Å²) in [7, 11) is 0. The van der Waals surface area contributed by atoms with Gasteiger partial charge in [0.05, 0.1) is 0 Å². The number of carbonyl (C=O) groups is 1. The third kappa shape index (κ3) is 6.15. The molecular weight excluding hydrogens is 337 g/mol. The Morgan fingerprint density at radius 2 is 1.57 bits per heavy atom. The van der Waals surface area contributed by atoms with Crippen LogP contribution < -0.4 is 0 Å². The molecule has 0 saturated carbocycles. The van der Waals surface area contributed by atoms with Crippen LogP contribution in [-0.4, -0.2) is 43.3 Å². The predicted octanol–water partition coefficient (Wildman–Crippen LogP) is 4.35. The summed E-state index contributed by atoms with van der Waals surface area (Å²) in [6.45, 7) is 3.14. The van der Waals surface area contributed by atoms with Gasteiger partial charge in [-0.2, -0.15) is 30.7 Å². The van der Waals surface area contributed by atoms with Crippen LogP contribution in [0.1, 0.15) is 39.5 Å². The van der Waals surface area contributed by atoms with Crippen molar-refractivity contribution in [3.05, 3.63) is 0 Å². The molecule has 0 aromatic carbocycles. The van der Waals surface area contributed by atoms with E-state index in [1.807, 2.05) is 0 Å². The first-order chi connectivity index (χ1) is 10.4. The highest BCUT2D eigenvalue weighted by molar-refractivity contribution is 5.66. The summed E-state index contributed by atoms with van der Waals surface area (Å²) < 4.78 is 98.7. The topological polar surface area (TPSA) is 35.5 Å². The molecular formula is C13H19F7O3. The molecule has 0 N–H and O–H groups in total. The van der Waals surface area contributed by atoms with Crippen LogP contribution in [0.5, 0.6) is 0 Å². The molecule has 0 aliphatic carbocycles. The fourth-order valence-electron chi connectivity index (χ4n) is 1.76. The molecule has 0 aliphatic rings. The SMILES string of the molecule is CCOCCCCCC(OC(C)=O)C(F)(F)C(F)(F)C(F)(F)F. The number of unbranched alkanes of at least 4 members (excludes halogenated alkanes) is 2. The monoisotopic (exact) mass is 356 g/mol. The lowest BCUT2D eigenvalue weighted by Crippen LogP contribution is -2.58. The summed E-state index contributed by atoms with van der Waals surface area (Å²) in [5, 5.41) is 0. The van der Waals surface area contributed by atoms with Crippen LogP contribution in [0.4, 0.5) is 30.7 Å². The Hall–Kier alpha value is -1.06. The van der Waals surface area contributed by atoms with Gasteiger partial charge in [-0.15, -0.1) is 0 Å². The minimum absolute atomic E-state index is 0.117. The predicted molar refractivity (Wildman–Crippen MR) is 66.5 cm³/mol. The molecule has 0 heterocycles. The minimum atomic E-state index is -6.45. The first-order valence-corrected chi connectivity index (χ1v) is 6.95. The zero-order chi connectivity index (χ0) is 18.3. The van der Waals surface area contributed by atoms with Gasteiger partial charge < -0.3 is 9.47 Å². The van der Waals surface area contributed by atoms with Crippen LogP contribution in [0.3, 0.4) is 0 Å². The molecule has 23 heavy (non-hydrogen) atoms. The number of hydrogen-bond acceptors (Lipinski definition) is 3. The Morgan fingerprint density at radius 3 is 2.00 bits per heavy atom. The van der Waals surface area contributed by atoms with Crippen molar-refractivity contribution in [2.24, 2.45) is 0 Å². The van der Waals surface area contributed by atoms with E-state index in [9.17, 15) is 35.5 Å². The van der Waals surface area contributed by atoms with Gasteiger partial charge in [-0.1, -0.05) is 6.42 Å². The highest BCUT2D eigenvalue weighted by Crippen LogP contribution is 2.49. The smallest absolute Gasteiger partial charge is 0.456 e. The third-order valence-electron chi connectivity index (χ3n) is 2.95. The van der Waals surface area contributed by atoms with Gasteiger partial charge in [0.25, 0.3) is 0 Å². The van der Waals surface area contributed by atoms with Crippen LogP contribution in [-0.2, 0) is 14.3 Å². The maximum atomic E-state index is 13.6. The fraction of sp³-hybridized carbons (Fsp3) is 0.923. The van der Waals surface area contributed by atoms with E-state index in [0.29, 0.717) is 26.6 Å².